The second-order valence-electron chi connectivity index (χ2n) is 12.3. The number of hydrogen-bond acceptors (Lipinski definition) is 10. The monoisotopic (exact) mass is 622 g/mol. The Morgan fingerprint density at radius 1 is 1.07 bits per heavy atom. The molecule has 2 aliphatic carbocycles. The number of nitrogens with zero attached hydrogens (tertiary/aromatic N) is 2. The Morgan fingerprint density at radius 2 is 1.73 bits per heavy atom. The number of carboxylic acid groups (broad SMARTS) is 2. The maximum Gasteiger partial charge on any atom is 0.335 e. The summed E-state index contributed by atoms with van der Waals surface area (Å²) in [4.78, 5) is 50.3. The molecular formula is C32H34N2O11. The smallest absolute Gasteiger partial charge is 0.335 e. The molecule has 238 valence electrons. The molecule has 3 aliphatic heterocycles. The van der Waals surface area contributed by atoms with Crippen LogP contribution >= 0.6 is 0 Å². The van der Waals surface area contributed by atoms with Crippen LogP contribution in [0.25, 0.3) is 0 Å². The molecule has 7 rings (SSSR count). The van der Waals surface area contributed by atoms with E-state index in [0.717, 1.165) is 23.2 Å². The van der Waals surface area contributed by atoms with Crippen LogP contribution in [0.5, 0.6) is 11.5 Å². The van der Waals surface area contributed by atoms with Crippen LogP contribution in [0.3, 0.4) is 0 Å². The van der Waals surface area contributed by atoms with E-state index < -0.39 is 47.3 Å². The molecule has 2 bridgehead atoms. The zero-order chi connectivity index (χ0) is 32.6. The van der Waals surface area contributed by atoms with Crippen molar-refractivity contribution in [3.8, 4) is 11.5 Å². The maximum absolute atomic E-state index is 13.6. The van der Waals surface area contributed by atoms with E-state index in [9.17, 15) is 29.4 Å². The number of aliphatic hydroxyl groups is 3. The highest BCUT2D eigenvalue weighted by Gasteiger charge is 2.74. The van der Waals surface area contributed by atoms with E-state index in [0.29, 0.717) is 49.1 Å². The number of aliphatic carboxylic acids is 2. The summed E-state index contributed by atoms with van der Waals surface area (Å²) in [6.07, 6.45) is -1.14. The topological polar surface area (TPSA) is 205 Å². The minimum atomic E-state index is -2.27. The molecule has 45 heavy (non-hydrogen) atoms. The number of rotatable bonds is 6. The summed E-state index contributed by atoms with van der Waals surface area (Å²) in [5, 5.41) is 55.8. The van der Waals surface area contributed by atoms with Crippen LogP contribution in [-0.4, -0.2) is 113 Å². The van der Waals surface area contributed by atoms with Crippen molar-refractivity contribution < 1.29 is 54.6 Å². The number of likely N-dealkylation sites (tertiary alicyclic amines) is 1. The second-order valence-corrected chi connectivity index (χ2v) is 12.3. The zero-order valence-corrected chi connectivity index (χ0v) is 24.4. The van der Waals surface area contributed by atoms with Crippen LogP contribution in [-0.2, 0) is 21.4 Å². The number of aromatic hydroxyl groups is 1. The van der Waals surface area contributed by atoms with E-state index in [1.165, 1.54) is 4.90 Å². The Kier molecular flexibility index (Phi) is 7.27. The van der Waals surface area contributed by atoms with Crippen molar-refractivity contribution in [2.75, 3.05) is 13.1 Å². The number of phenolic OH excluding ortho intramolecular Hbond substituents is 1. The third-order valence-electron chi connectivity index (χ3n) is 10.1. The van der Waals surface area contributed by atoms with Gasteiger partial charge in [-0.05, 0) is 62.9 Å². The number of amides is 2. The number of imide groups is 1. The molecule has 7 atom stereocenters. The van der Waals surface area contributed by atoms with Crippen LogP contribution in [0.15, 0.2) is 43.0 Å². The highest BCUT2D eigenvalue weighted by atomic mass is 16.5. The predicted octanol–water partition coefficient (Wildman–Crippen LogP) is 0.583. The highest BCUT2D eigenvalue weighted by molar-refractivity contribution is 6.21. The molecule has 1 saturated carbocycles. The molecular weight excluding hydrogens is 588 g/mol. The average Bonchev–Trinajstić information content (AvgIpc) is 3.47. The minimum absolute atomic E-state index is 0.0404. The van der Waals surface area contributed by atoms with Crippen molar-refractivity contribution in [3.63, 3.8) is 0 Å². The van der Waals surface area contributed by atoms with Gasteiger partial charge in [-0.15, -0.1) is 6.58 Å². The van der Waals surface area contributed by atoms with E-state index in [1.54, 1.807) is 18.2 Å². The Bertz CT molecular complexity index is 1620. The minimum Gasteiger partial charge on any atom is -0.504 e. The summed E-state index contributed by atoms with van der Waals surface area (Å²) in [6, 6.07) is 8.26. The summed E-state index contributed by atoms with van der Waals surface area (Å²) >= 11 is 0. The van der Waals surface area contributed by atoms with Gasteiger partial charge in [-0.25, -0.2) is 9.59 Å². The lowest BCUT2D eigenvalue weighted by molar-refractivity contribution is -0.194. The van der Waals surface area contributed by atoms with Gasteiger partial charge in [0.1, 0.15) is 6.10 Å². The van der Waals surface area contributed by atoms with Gasteiger partial charge in [0.25, 0.3) is 11.8 Å². The Labute approximate surface area is 257 Å². The molecule has 0 radical (unpaired) electrons. The maximum atomic E-state index is 13.6. The molecule has 5 aliphatic rings. The van der Waals surface area contributed by atoms with Crippen molar-refractivity contribution in [2.45, 2.75) is 74.0 Å². The van der Waals surface area contributed by atoms with E-state index >= 15 is 0 Å². The van der Waals surface area contributed by atoms with Crippen molar-refractivity contribution >= 4 is 23.8 Å². The molecule has 13 nitrogen and oxygen atoms in total. The Hall–Kier alpha value is -4.30. The number of aliphatic hydroxyl groups excluding tert-OH is 2. The van der Waals surface area contributed by atoms with Gasteiger partial charge in [0, 0.05) is 18.2 Å². The number of phenols is 1. The number of carbonyl (C=O) groups excluding carboxylic acids is 2. The fourth-order valence-electron chi connectivity index (χ4n) is 8.20. The molecule has 2 aromatic rings. The van der Waals surface area contributed by atoms with Crippen LogP contribution in [0, 0.1) is 6.92 Å². The number of aryl methyl sites for hydroxylation is 1. The van der Waals surface area contributed by atoms with Gasteiger partial charge in [0.2, 0.25) is 0 Å². The van der Waals surface area contributed by atoms with Crippen LogP contribution in [0.2, 0.25) is 0 Å². The molecule has 3 unspecified atom stereocenters. The number of hydrogen-bond donors (Lipinski definition) is 6. The fraction of sp³-hybridized carbons (Fsp3) is 0.438. The number of piperidine rings is 1. The summed E-state index contributed by atoms with van der Waals surface area (Å²) in [5.74, 6) is -3.71. The molecule has 1 spiro atoms. The normalized spacial score (nSPS) is 30.3. The predicted molar refractivity (Wildman–Crippen MR) is 155 cm³/mol. The fourth-order valence-corrected chi connectivity index (χ4v) is 8.20. The number of benzene rings is 2. The van der Waals surface area contributed by atoms with Gasteiger partial charge in [0.15, 0.2) is 23.7 Å². The lowest BCUT2D eigenvalue weighted by atomic mass is 9.48. The third-order valence-corrected chi connectivity index (χ3v) is 10.1. The lowest BCUT2D eigenvalue weighted by Gasteiger charge is -2.64. The van der Waals surface area contributed by atoms with Crippen molar-refractivity contribution in [2.24, 2.45) is 0 Å². The average molecular weight is 623 g/mol. The summed E-state index contributed by atoms with van der Waals surface area (Å²) in [7, 11) is 0. The SMILES string of the molecule is C=CCN1CC[C@]23c4c5ccc(O)c4O[C@H]2[C@H](N2C(=O)c4ccc(C)cc4C2=O)CCC3(O)[C@H]1C5.O=C(O)C(O)C(O)C(=O)O. The van der Waals surface area contributed by atoms with Crippen LogP contribution in [0.4, 0.5) is 0 Å². The molecule has 0 aromatic heterocycles. The number of fused-ring (bicyclic) bond motifs is 1. The van der Waals surface area contributed by atoms with Crippen LogP contribution < -0.4 is 4.74 Å². The van der Waals surface area contributed by atoms with E-state index in [4.69, 9.17) is 25.2 Å². The highest BCUT2D eigenvalue weighted by Crippen LogP contribution is 2.66. The number of ether oxygens (including phenoxy) is 1. The summed E-state index contributed by atoms with van der Waals surface area (Å²) < 4.78 is 6.52. The molecule has 2 amide bonds. The first-order valence-corrected chi connectivity index (χ1v) is 14.7. The molecule has 3 heterocycles. The Balaban J connectivity index is 0.000000311. The van der Waals surface area contributed by atoms with Crippen LogP contribution in [0.1, 0.15) is 56.7 Å². The van der Waals surface area contributed by atoms with E-state index in [2.05, 4.69) is 11.5 Å². The first-order valence-electron chi connectivity index (χ1n) is 14.7. The van der Waals surface area contributed by atoms with Gasteiger partial charge >= 0.3 is 11.9 Å². The van der Waals surface area contributed by atoms with E-state index in [1.807, 2.05) is 25.1 Å². The second kappa shape index (κ2) is 10.7. The molecule has 2 aromatic carbocycles. The number of carbonyl (C=O) groups is 4. The molecule has 2 fully saturated rings. The molecule has 13 heteroatoms. The van der Waals surface area contributed by atoms with Crippen molar-refractivity contribution in [1.29, 1.82) is 0 Å². The standard InChI is InChI=1S/C28H28N2O5.C4H6O6/c1-3-11-29-12-10-27-22-16-5-7-20(31)23(22)35-24(27)19(8-9-28(27,34)21(29)14-16)30-25(32)17-6-4-15(2)13-18(17)26(30)33;5-1(3(7)8)2(6)4(9)10/h3-7,13,19,21,24,31,34H,1,8-12,14H2,2H3;1-2,5-6H,(H,7,8)(H,9,10)/t19-,21-,24+,27+,28?;/m1./s1. The quantitative estimate of drug-likeness (QED) is 0.193. The first kappa shape index (κ1) is 30.7. The first-order chi connectivity index (χ1) is 21.3. The molecule has 1 saturated heterocycles. The summed E-state index contributed by atoms with van der Waals surface area (Å²) in [5.41, 5.74) is 1.79. The Morgan fingerprint density at radius 3 is 2.38 bits per heavy atom. The summed E-state index contributed by atoms with van der Waals surface area (Å²) in [6.45, 7) is 7.23. The largest absolute Gasteiger partial charge is 0.504 e. The van der Waals surface area contributed by atoms with Gasteiger partial charge in [-0.1, -0.05) is 23.8 Å². The number of carboxylic acids is 2. The lowest BCUT2D eigenvalue weighted by Crippen LogP contribution is -2.78. The van der Waals surface area contributed by atoms with Gasteiger partial charge in [-0.3, -0.25) is 19.4 Å². The zero-order valence-electron chi connectivity index (χ0n) is 24.4. The van der Waals surface area contributed by atoms with Crippen molar-refractivity contribution in [3.05, 3.63) is 70.8 Å². The van der Waals surface area contributed by atoms with Gasteiger partial charge in [-0.2, -0.15) is 0 Å². The van der Waals surface area contributed by atoms with E-state index in [-0.39, 0.29) is 23.6 Å². The molecule has 6 N–H and O–H groups in total. The van der Waals surface area contributed by atoms with Gasteiger partial charge in [0.05, 0.1) is 28.2 Å². The third kappa shape index (κ3) is 4.22. The van der Waals surface area contributed by atoms with Crippen molar-refractivity contribution in [1.82, 2.24) is 9.80 Å². The van der Waals surface area contributed by atoms with Gasteiger partial charge < -0.3 is 35.4 Å².